The molecule has 0 unspecified atom stereocenters. The molecule has 0 saturated carbocycles. The number of hydrogen-bond acceptors (Lipinski definition) is 2. The molecule has 0 atom stereocenters. The summed E-state index contributed by atoms with van der Waals surface area (Å²) < 4.78 is 0. The highest BCUT2D eigenvalue weighted by Crippen LogP contribution is 2.27. The van der Waals surface area contributed by atoms with E-state index in [1.165, 1.54) is 5.56 Å². The standard InChI is InChI=1S/C20H20N2OS/c1-4-15-8-10-16(11-9-15)12-17-19(23)22(20(24)21-17)18-7-5-6-13(2)14(18)3/h5-12H,4H2,1-3H3,(H,21,24)/b17-12-. The van der Waals surface area contributed by atoms with Crippen LogP contribution in [0.2, 0.25) is 0 Å². The minimum atomic E-state index is -0.117. The summed E-state index contributed by atoms with van der Waals surface area (Å²) in [5, 5.41) is 3.47. The summed E-state index contributed by atoms with van der Waals surface area (Å²) in [5.41, 5.74) is 5.79. The Morgan fingerprint density at radius 2 is 1.83 bits per heavy atom. The van der Waals surface area contributed by atoms with Gasteiger partial charge in [-0.25, -0.2) is 0 Å². The summed E-state index contributed by atoms with van der Waals surface area (Å²) >= 11 is 5.39. The lowest BCUT2D eigenvalue weighted by atomic mass is 10.1. The van der Waals surface area contributed by atoms with Gasteiger partial charge in [0.25, 0.3) is 5.91 Å². The van der Waals surface area contributed by atoms with Gasteiger partial charge in [-0.2, -0.15) is 0 Å². The van der Waals surface area contributed by atoms with Crippen LogP contribution in [0.5, 0.6) is 0 Å². The van der Waals surface area contributed by atoms with Gasteiger partial charge < -0.3 is 5.32 Å². The minimum absolute atomic E-state index is 0.117. The first-order valence-electron chi connectivity index (χ1n) is 8.03. The van der Waals surface area contributed by atoms with Gasteiger partial charge in [0.1, 0.15) is 5.70 Å². The number of hydrogen-bond donors (Lipinski definition) is 1. The van der Waals surface area contributed by atoms with Gasteiger partial charge in [-0.05, 0) is 66.9 Å². The van der Waals surface area contributed by atoms with Crippen LogP contribution in [-0.2, 0) is 11.2 Å². The molecule has 1 heterocycles. The largest absolute Gasteiger partial charge is 0.327 e. The van der Waals surface area contributed by atoms with E-state index in [4.69, 9.17) is 12.2 Å². The lowest BCUT2D eigenvalue weighted by molar-refractivity contribution is -0.113. The van der Waals surface area contributed by atoms with Gasteiger partial charge in [0.2, 0.25) is 0 Å². The molecule has 1 saturated heterocycles. The van der Waals surface area contributed by atoms with Gasteiger partial charge in [-0.3, -0.25) is 9.69 Å². The van der Waals surface area contributed by atoms with Crippen LogP contribution in [0.25, 0.3) is 6.08 Å². The number of nitrogens with zero attached hydrogens (tertiary/aromatic N) is 1. The number of thiocarbonyl (C=S) groups is 1. The van der Waals surface area contributed by atoms with E-state index in [0.29, 0.717) is 10.8 Å². The van der Waals surface area contributed by atoms with Crippen molar-refractivity contribution < 1.29 is 4.79 Å². The maximum atomic E-state index is 12.8. The minimum Gasteiger partial charge on any atom is -0.327 e. The molecule has 0 aliphatic carbocycles. The lowest BCUT2D eigenvalue weighted by Crippen LogP contribution is -2.31. The zero-order valence-corrected chi connectivity index (χ0v) is 14.9. The van der Waals surface area contributed by atoms with Crippen LogP contribution in [0.1, 0.15) is 29.2 Å². The second kappa shape index (κ2) is 6.57. The maximum Gasteiger partial charge on any atom is 0.281 e. The third kappa shape index (κ3) is 2.97. The molecule has 4 heteroatoms. The number of benzene rings is 2. The predicted octanol–water partition coefficient (Wildman–Crippen LogP) is 4.13. The Bertz CT molecular complexity index is 837. The molecule has 122 valence electrons. The highest BCUT2D eigenvalue weighted by Gasteiger charge is 2.32. The molecule has 1 aliphatic rings. The summed E-state index contributed by atoms with van der Waals surface area (Å²) in [5.74, 6) is -0.117. The Morgan fingerprint density at radius 1 is 1.12 bits per heavy atom. The third-order valence-electron chi connectivity index (χ3n) is 4.39. The zero-order valence-electron chi connectivity index (χ0n) is 14.1. The van der Waals surface area contributed by atoms with Crippen LogP contribution in [0.4, 0.5) is 5.69 Å². The smallest absolute Gasteiger partial charge is 0.281 e. The molecule has 1 N–H and O–H groups in total. The van der Waals surface area contributed by atoms with Crippen molar-refractivity contribution in [2.24, 2.45) is 0 Å². The van der Waals surface area contributed by atoms with Gasteiger partial charge in [-0.1, -0.05) is 43.3 Å². The molecule has 3 nitrogen and oxygen atoms in total. The number of anilines is 1. The van der Waals surface area contributed by atoms with Crippen LogP contribution in [0, 0.1) is 13.8 Å². The second-order valence-corrected chi connectivity index (χ2v) is 6.33. The number of amides is 1. The molecule has 1 amide bonds. The van der Waals surface area contributed by atoms with Crippen molar-refractivity contribution in [2.45, 2.75) is 27.2 Å². The number of nitrogens with one attached hydrogen (secondary N) is 1. The van der Waals surface area contributed by atoms with Crippen LogP contribution in [0.3, 0.4) is 0 Å². The molecule has 24 heavy (non-hydrogen) atoms. The Hall–Kier alpha value is -2.46. The molecular weight excluding hydrogens is 316 g/mol. The van der Waals surface area contributed by atoms with Gasteiger partial charge in [0, 0.05) is 0 Å². The van der Waals surface area contributed by atoms with E-state index in [9.17, 15) is 4.79 Å². The third-order valence-corrected chi connectivity index (χ3v) is 4.68. The van der Waals surface area contributed by atoms with E-state index in [1.807, 2.05) is 50.3 Å². The highest BCUT2D eigenvalue weighted by atomic mass is 32.1. The molecule has 1 fully saturated rings. The van der Waals surface area contributed by atoms with Crippen LogP contribution >= 0.6 is 12.2 Å². The van der Waals surface area contributed by atoms with Crippen molar-refractivity contribution >= 4 is 35.0 Å². The topological polar surface area (TPSA) is 32.3 Å². The zero-order chi connectivity index (χ0) is 17.3. The Morgan fingerprint density at radius 3 is 2.50 bits per heavy atom. The van der Waals surface area contributed by atoms with Gasteiger partial charge in [0.05, 0.1) is 5.69 Å². The summed E-state index contributed by atoms with van der Waals surface area (Å²) in [7, 11) is 0. The van der Waals surface area contributed by atoms with Crippen molar-refractivity contribution in [3.8, 4) is 0 Å². The fourth-order valence-corrected chi connectivity index (χ4v) is 3.04. The summed E-state index contributed by atoms with van der Waals surface area (Å²) in [6, 6.07) is 14.1. The maximum absolute atomic E-state index is 12.8. The van der Waals surface area contributed by atoms with E-state index in [0.717, 1.165) is 28.8 Å². The molecule has 0 spiro atoms. The molecular formula is C20H20N2OS. The monoisotopic (exact) mass is 336 g/mol. The van der Waals surface area contributed by atoms with Crippen LogP contribution in [-0.4, -0.2) is 11.0 Å². The van der Waals surface area contributed by atoms with E-state index in [-0.39, 0.29) is 5.91 Å². The molecule has 0 radical (unpaired) electrons. The Balaban J connectivity index is 1.93. The fourth-order valence-electron chi connectivity index (χ4n) is 2.75. The predicted molar refractivity (Wildman–Crippen MR) is 103 cm³/mol. The van der Waals surface area contributed by atoms with Crippen LogP contribution < -0.4 is 10.2 Å². The number of aryl methyl sites for hydroxylation is 2. The van der Waals surface area contributed by atoms with Crippen molar-refractivity contribution in [3.05, 3.63) is 70.4 Å². The van der Waals surface area contributed by atoms with E-state index >= 15 is 0 Å². The highest BCUT2D eigenvalue weighted by molar-refractivity contribution is 7.80. The van der Waals surface area contributed by atoms with Crippen LogP contribution in [0.15, 0.2) is 48.2 Å². The van der Waals surface area contributed by atoms with Crippen molar-refractivity contribution in [2.75, 3.05) is 4.90 Å². The summed E-state index contributed by atoms with van der Waals surface area (Å²) in [4.78, 5) is 14.4. The number of carbonyl (C=O) groups is 1. The van der Waals surface area contributed by atoms with E-state index < -0.39 is 0 Å². The van der Waals surface area contributed by atoms with Gasteiger partial charge in [-0.15, -0.1) is 0 Å². The first-order valence-corrected chi connectivity index (χ1v) is 8.44. The molecule has 2 aromatic carbocycles. The first-order chi connectivity index (χ1) is 11.5. The van der Waals surface area contributed by atoms with E-state index in [1.54, 1.807) is 4.90 Å². The van der Waals surface area contributed by atoms with E-state index in [2.05, 4.69) is 24.4 Å². The van der Waals surface area contributed by atoms with Crippen molar-refractivity contribution in [1.82, 2.24) is 5.32 Å². The average molecular weight is 336 g/mol. The summed E-state index contributed by atoms with van der Waals surface area (Å²) in [6.45, 7) is 6.16. The molecule has 0 aromatic heterocycles. The SMILES string of the molecule is CCc1ccc(/C=C2\NC(=S)N(c3cccc(C)c3C)C2=O)cc1. The molecule has 2 aromatic rings. The first kappa shape index (κ1) is 16.4. The van der Waals surface area contributed by atoms with Gasteiger partial charge in [0.15, 0.2) is 5.11 Å². The molecule has 1 aliphatic heterocycles. The van der Waals surface area contributed by atoms with Crippen molar-refractivity contribution in [3.63, 3.8) is 0 Å². The lowest BCUT2D eigenvalue weighted by Gasteiger charge is -2.17. The number of carbonyl (C=O) groups excluding carboxylic acids is 1. The summed E-state index contributed by atoms with van der Waals surface area (Å²) in [6.07, 6.45) is 2.84. The molecule has 0 bridgehead atoms. The van der Waals surface area contributed by atoms with Crippen molar-refractivity contribution in [1.29, 1.82) is 0 Å². The Kier molecular flexibility index (Phi) is 4.49. The average Bonchev–Trinajstić information content (AvgIpc) is 2.85. The molecule has 3 rings (SSSR count). The normalized spacial score (nSPS) is 16.0. The second-order valence-electron chi connectivity index (χ2n) is 5.94. The van der Waals surface area contributed by atoms with Gasteiger partial charge >= 0.3 is 0 Å². The number of rotatable bonds is 3. The Labute approximate surface area is 148 Å². The fraction of sp³-hybridized carbons (Fsp3) is 0.200. The quantitative estimate of drug-likeness (QED) is 0.676.